The zero-order valence-electron chi connectivity index (χ0n) is 19.4. The van der Waals surface area contributed by atoms with Crippen molar-refractivity contribution < 1.29 is 36.2 Å². The van der Waals surface area contributed by atoms with Gasteiger partial charge >= 0.3 is 6.18 Å². The number of nitrogens with zero attached hydrogens (tertiary/aromatic N) is 1. The van der Waals surface area contributed by atoms with E-state index >= 15 is 0 Å². The molecule has 1 amide bonds. The van der Waals surface area contributed by atoms with Crippen LogP contribution in [0.15, 0.2) is 35.3 Å². The summed E-state index contributed by atoms with van der Waals surface area (Å²) in [5.41, 5.74) is -2.87. The molecule has 1 saturated heterocycles. The van der Waals surface area contributed by atoms with Gasteiger partial charge in [-0.3, -0.25) is 14.6 Å². The summed E-state index contributed by atoms with van der Waals surface area (Å²) in [7, 11) is 2.46. The Morgan fingerprint density at radius 2 is 1.97 bits per heavy atom. The van der Waals surface area contributed by atoms with Crippen molar-refractivity contribution in [3.05, 3.63) is 69.3 Å². The van der Waals surface area contributed by atoms with Crippen LogP contribution in [0.1, 0.15) is 46.9 Å². The van der Waals surface area contributed by atoms with Crippen molar-refractivity contribution in [3.63, 3.8) is 0 Å². The lowest BCUT2D eigenvalue weighted by atomic mass is 9.74. The monoisotopic (exact) mass is 511 g/mol. The van der Waals surface area contributed by atoms with E-state index in [1.54, 1.807) is 0 Å². The first kappa shape index (κ1) is 25.5. The molecule has 1 aliphatic rings. The maximum Gasteiger partial charge on any atom is 0.417 e. The van der Waals surface area contributed by atoms with Gasteiger partial charge in [0.2, 0.25) is 5.82 Å². The van der Waals surface area contributed by atoms with Gasteiger partial charge < -0.3 is 19.8 Å². The number of alkyl halides is 3. The van der Waals surface area contributed by atoms with Crippen molar-refractivity contribution in [2.75, 3.05) is 20.8 Å². The quantitative estimate of drug-likeness (QED) is 0.513. The Hall–Kier alpha value is -3.54. The first-order chi connectivity index (χ1) is 16.9. The van der Waals surface area contributed by atoms with E-state index in [1.807, 2.05) is 0 Å². The summed E-state index contributed by atoms with van der Waals surface area (Å²) in [5.74, 6) is -5.64. The average molecular weight is 511 g/mol. The highest BCUT2D eigenvalue weighted by Crippen LogP contribution is 2.51. The molecule has 0 radical (unpaired) electrons. The third-order valence-corrected chi connectivity index (χ3v) is 6.56. The highest BCUT2D eigenvalue weighted by Gasteiger charge is 2.57. The van der Waals surface area contributed by atoms with Gasteiger partial charge in [-0.05, 0) is 25.5 Å². The van der Waals surface area contributed by atoms with Crippen LogP contribution in [0.2, 0.25) is 0 Å². The highest BCUT2D eigenvalue weighted by molar-refractivity contribution is 6.04. The number of fused-ring (bicyclic) bond motifs is 1. The number of aromatic nitrogens is 2. The second kappa shape index (κ2) is 9.16. The molecule has 0 spiro atoms. The number of hydrogen-bond donors (Lipinski definition) is 2. The van der Waals surface area contributed by atoms with Gasteiger partial charge in [-0.15, -0.1) is 0 Å². The Bertz CT molecular complexity index is 1390. The number of carbonyl (C=O) groups excluding carboxylic acids is 1. The maximum atomic E-state index is 14.5. The van der Waals surface area contributed by atoms with Crippen molar-refractivity contribution >= 4 is 16.8 Å². The molecule has 0 unspecified atom stereocenters. The lowest BCUT2D eigenvalue weighted by Crippen LogP contribution is -2.51. The second-order valence-electron chi connectivity index (χ2n) is 8.69. The summed E-state index contributed by atoms with van der Waals surface area (Å²) in [6.45, 7) is 0.394. The van der Waals surface area contributed by atoms with Crippen LogP contribution in [0.4, 0.5) is 22.0 Å². The van der Waals surface area contributed by atoms with Crippen molar-refractivity contribution in [2.24, 2.45) is 0 Å². The molecule has 4 rings (SSSR count). The molecule has 0 aliphatic carbocycles. The number of ether oxygens (including phenoxy) is 2. The molecule has 1 aromatic carbocycles. The van der Waals surface area contributed by atoms with Gasteiger partial charge in [0.15, 0.2) is 22.6 Å². The Morgan fingerprint density at radius 1 is 1.25 bits per heavy atom. The summed E-state index contributed by atoms with van der Waals surface area (Å²) in [4.78, 5) is 32.2. The summed E-state index contributed by atoms with van der Waals surface area (Å²) < 4.78 is 80.5. The smallest absolute Gasteiger partial charge is 0.417 e. The molecule has 0 saturated carbocycles. The Kier molecular flexibility index (Phi) is 6.50. The van der Waals surface area contributed by atoms with E-state index < -0.39 is 65.4 Å². The number of amides is 1. The van der Waals surface area contributed by atoms with Crippen LogP contribution in [0.5, 0.6) is 5.75 Å². The molecule has 0 bridgehead atoms. The molecule has 1 aliphatic heterocycles. The average Bonchev–Trinajstić information content (AvgIpc) is 2.83. The van der Waals surface area contributed by atoms with Crippen molar-refractivity contribution in [2.45, 2.75) is 37.0 Å². The molecule has 36 heavy (non-hydrogen) atoms. The van der Waals surface area contributed by atoms with Gasteiger partial charge in [-0.1, -0.05) is 6.07 Å². The maximum absolute atomic E-state index is 14.5. The first-order valence-corrected chi connectivity index (χ1v) is 10.9. The minimum atomic E-state index is -4.76. The number of nitrogens with one attached hydrogen (secondary N) is 2. The predicted octanol–water partition coefficient (Wildman–Crippen LogP) is 4.18. The number of H-pyrrole nitrogens is 1. The van der Waals surface area contributed by atoms with Crippen molar-refractivity contribution in [3.8, 4) is 5.75 Å². The SMILES string of the molecule is CNC(=O)c1nccc2[nH]c([C@@H]3CO[C@@](C)(C(F)(F)F)C[C@H]3c3ccc(F)c(F)c3OC)cc(=O)c12. The molecule has 3 aromatic rings. The topological polar surface area (TPSA) is 93.3 Å². The van der Waals surface area contributed by atoms with Crippen LogP contribution >= 0.6 is 0 Å². The van der Waals surface area contributed by atoms with E-state index in [1.165, 1.54) is 25.4 Å². The fourth-order valence-electron chi connectivity index (χ4n) is 4.60. The van der Waals surface area contributed by atoms with E-state index in [4.69, 9.17) is 9.47 Å². The summed E-state index contributed by atoms with van der Waals surface area (Å²) in [6.07, 6.45) is -4.10. The van der Waals surface area contributed by atoms with Crippen LogP contribution in [0.3, 0.4) is 0 Å². The summed E-state index contributed by atoms with van der Waals surface area (Å²) >= 11 is 0. The number of benzene rings is 1. The second-order valence-corrected chi connectivity index (χ2v) is 8.69. The Labute approximate surface area is 201 Å². The predicted molar refractivity (Wildman–Crippen MR) is 119 cm³/mol. The number of carbonyl (C=O) groups is 1. The minimum absolute atomic E-state index is 0.000542. The fraction of sp³-hybridized carbons (Fsp3) is 0.375. The zero-order chi connectivity index (χ0) is 26.4. The standard InChI is InChI=1S/C24H22F5N3O4/c1-23(24(27,28)29)9-12(11-4-5-14(25)19(26)21(11)35-3)13(10-36-23)16-8-17(33)18-15(32-16)6-7-31-20(18)22(34)30-2/h4-8,12-13H,9-10H2,1-3H3,(H,30,34)(H,32,33)/t12-,13+,23+/m0/s1. The number of hydrogen-bond acceptors (Lipinski definition) is 5. The van der Waals surface area contributed by atoms with Gasteiger partial charge in [-0.25, -0.2) is 4.39 Å². The molecule has 2 aromatic heterocycles. The lowest BCUT2D eigenvalue weighted by molar-refractivity contribution is -0.286. The third-order valence-electron chi connectivity index (χ3n) is 6.56. The van der Waals surface area contributed by atoms with Crippen LogP contribution in [0, 0.1) is 11.6 Å². The van der Waals surface area contributed by atoms with Gasteiger partial charge in [0.05, 0.1) is 24.6 Å². The minimum Gasteiger partial charge on any atom is -0.493 e. The largest absolute Gasteiger partial charge is 0.493 e. The van der Waals surface area contributed by atoms with Gasteiger partial charge in [0.25, 0.3) is 5.91 Å². The van der Waals surface area contributed by atoms with Gasteiger partial charge in [0, 0.05) is 42.4 Å². The molecule has 2 N–H and O–H groups in total. The third kappa shape index (κ3) is 4.19. The molecule has 3 heterocycles. The van der Waals surface area contributed by atoms with Crippen LogP contribution < -0.4 is 15.5 Å². The van der Waals surface area contributed by atoms with Gasteiger partial charge in [0.1, 0.15) is 5.69 Å². The van der Waals surface area contributed by atoms with Crippen LogP contribution in [0.25, 0.3) is 10.9 Å². The van der Waals surface area contributed by atoms with E-state index in [0.29, 0.717) is 0 Å². The van der Waals surface area contributed by atoms with Crippen molar-refractivity contribution in [1.82, 2.24) is 15.3 Å². The number of rotatable bonds is 4. The summed E-state index contributed by atoms with van der Waals surface area (Å²) in [6, 6.07) is 4.59. The zero-order valence-corrected chi connectivity index (χ0v) is 19.4. The first-order valence-electron chi connectivity index (χ1n) is 10.9. The Balaban J connectivity index is 1.90. The van der Waals surface area contributed by atoms with E-state index in [0.717, 1.165) is 26.2 Å². The summed E-state index contributed by atoms with van der Waals surface area (Å²) in [5, 5.41) is 2.39. The molecular weight excluding hydrogens is 489 g/mol. The molecule has 3 atom stereocenters. The van der Waals surface area contributed by atoms with Crippen molar-refractivity contribution in [1.29, 1.82) is 0 Å². The van der Waals surface area contributed by atoms with Crippen LogP contribution in [-0.4, -0.2) is 48.4 Å². The molecule has 12 heteroatoms. The number of pyridine rings is 2. The van der Waals surface area contributed by atoms with E-state index in [2.05, 4.69) is 15.3 Å². The molecule has 1 fully saturated rings. The Morgan fingerprint density at radius 3 is 2.61 bits per heavy atom. The molecule has 7 nitrogen and oxygen atoms in total. The number of methoxy groups -OCH3 is 1. The van der Waals surface area contributed by atoms with E-state index in [-0.39, 0.29) is 27.9 Å². The number of aromatic amines is 1. The number of halogens is 5. The van der Waals surface area contributed by atoms with Crippen LogP contribution in [-0.2, 0) is 4.74 Å². The molecule has 192 valence electrons. The lowest BCUT2D eigenvalue weighted by Gasteiger charge is -2.44. The van der Waals surface area contributed by atoms with Gasteiger partial charge in [-0.2, -0.15) is 17.6 Å². The normalized spacial score (nSPS) is 22.4. The molecular formula is C24H22F5N3O4. The fourth-order valence-corrected chi connectivity index (χ4v) is 4.60. The van der Waals surface area contributed by atoms with E-state index in [9.17, 15) is 31.5 Å². The highest BCUT2D eigenvalue weighted by atomic mass is 19.4.